The number of amides is 2. The van der Waals surface area contributed by atoms with E-state index in [-0.39, 0.29) is 18.4 Å². The Kier molecular flexibility index (Phi) is 5.74. The summed E-state index contributed by atoms with van der Waals surface area (Å²) in [6.07, 6.45) is 2.32. The molecule has 2 aliphatic heterocycles. The number of imide groups is 1. The maximum absolute atomic E-state index is 12.4. The van der Waals surface area contributed by atoms with Crippen LogP contribution < -0.4 is 4.90 Å². The molecule has 1 fully saturated rings. The second kappa shape index (κ2) is 8.28. The van der Waals surface area contributed by atoms with Crippen LogP contribution in [0.2, 0.25) is 10.0 Å². The largest absolute Gasteiger partial charge is 0.390 e. The molecular formula is C20H20Cl2N4O3. The van der Waals surface area contributed by atoms with Crippen LogP contribution in [0.25, 0.3) is 0 Å². The summed E-state index contributed by atoms with van der Waals surface area (Å²) >= 11 is 12.5. The Morgan fingerprint density at radius 2 is 1.48 bits per heavy atom. The Morgan fingerprint density at radius 3 is 2.03 bits per heavy atom. The van der Waals surface area contributed by atoms with Crippen LogP contribution in [0.1, 0.15) is 20.7 Å². The molecule has 4 rings (SSSR count). The van der Waals surface area contributed by atoms with Crippen LogP contribution in [-0.4, -0.2) is 77.1 Å². The number of rotatable bonds is 5. The second-order valence-electron chi connectivity index (χ2n) is 7.16. The zero-order chi connectivity index (χ0) is 20.5. The molecule has 0 aliphatic carbocycles. The van der Waals surface area contributed by atoms with E-state index >= 15 is 0 Å². The number of hydrogen-bond acceptors (Lipinski definition) is 6. The Labute approximate surface area is 178 Å². The molecule has 3 heterocycles. The molecule has 1 N–H and O–H groups in total. The second-order valence-corrected chi connectivity index (χ2v) is 7.97. The van der Waals surface area contributed by atoms with E-state index in [2.05, 4.69) is 14.8 Å². The van der Waals surface area contributed by atoms with Gasteiger partial charge in [0, 0.05) is 45.1 Å². The molecule has 7 nitrogen and oxygen atoms in total. The Morgan fingerprint density at radius 1 is 0.931 bits per heavy atom. The van der Waals surface area contributed by atoms with Gasteiger partial charge in [0.1, 0.15) is 0 Å². The Hall–Kier alpha value is -2.19. The van der Waals surface area contributed by atoms with Gasteiger partial charge in [-0.1, -0.05) is 35.3 Å². The molecule has 1 atom stereocenters. The minimum atomic E-state index is -0.822. The van der Waals surface area contributed by atoms with Crippen LogP contribution in [0, 0.1) is 0 Å². The van der Waals surface area contributed by atoms with Crippen LogP contribution in [0.5, 0.6) is 0 Å². The first-order chi connectivity index (χ1) is 14.0. The maximum atomic E-state index is 12.4. The van der Waals surface area contributed by atoms with Crippen molar-refractivity contribution in [2.24, 2.45) is 0 Å². The third-order valence-electron chi connectivity index (χ3n) is 5.26. The summed E-state index contributed by atoms with van der Waals surface area (Å²) in [6.45, 7) is 3.16. The number of nitrogens with zero attached hydrogens (tertiary/aromatic N) is 4. The summed E-state index contributed by atoms with van der Waals surface area (Å²) in [6, 6.07) is 6.72. The number of pyridine rings is 1. The lowest BCUT2D eigenvalue weighted by Gasteiger charge is -2.37. The summed E-state index contributed by atoms with van der Waals surface area (Å²) in [5.74, 6) is -0.701. The molecule has 0 spiro atoms. The predicted octanol–water partition coefficient (Wildman–Crippen LogP) is 2.17. The number of halogens is 2. The van der Waals surface area contributed by atoms with Gasteiger partial charge in [0.25, 0.3) is 11.8 Å². The van der Waals surface area contributed by atoms with Crippen LogP contribution in [-0.2, 0) is 0 Å². The number of β-amino-alcohol motifs (C(OH)–C–C–N with tert-alkyl or cyclic N) is 1. The zero-order valence-electron chi connectivity index (χ0n) is 15.6. The molecule has 0 bridgehead atoms. The summed E-state index contributed by atoms with van der Waals surface area (Å²) in [5, 5.41) is 11.5. The number of piperazine rings is 1. The van der Waals surface area contributed by atoms with Crippen molar-refractivity contribution >= 4 is 40.7 Å². The van der Waals surface area contributed by atoms with Gasteiger partial charge in [-0.25, -0.2) is 0 Å². The standard InChI is InChI=1S/C20H20Cl2N4O3/c21-16-9-23-10-17(22)18(16)25-7-5-24(6-8-25)11-13(27)12-26-19(28)14-3-1-2-4-15(14)20(26)29/h1-4,9-10,13,27H,5-8,11-12H2. The first-order valence-corrected chi connectivity index (χ1v) is 10.1. The quantitative estimate of drug-likeness (QED) is 0.726. The van der Waals surface area contributed by atoms with Crippen LogP contribution in [0.15, 0.2) is 36.7 Å². The molecule has 1 saturated heterocycles. The van der Waals surface area contributed by atoms with Gasteiger partial charge in [-0.2, -0.15) is 0 Å². The van der Waals surface area contributed by atoms with E-state index in [0.29, 0.717) is 53.9 Å². The van der Waals surface area contributed by atoms with Gasteiger partial charge in [0.15, 0.2) is 0 Å². The smallest absolute Gasteiger partial charge is 0.261 e. The molecule has 2 amide bonds. The minimum Gasteiger partial charge on any atom is -0.390 e. The van der Waals surface area contributed by atoms with Gasteiger partial charge in [-0.3, -0.25) is 24.4 Å². The molecule has 2 aromatic rings. The third-order valence-corrected chi connectivity index (χ3v) is 5.81. The summed E-state index contributed by atoms with van der Waals surface area (Å²) in [5.41, 5.74) is 1.56. The van der Waals surface area contributed by atoms with Crippen LogP contribution in [0.3, 0.4) is 0 Å². The summed E-state index contributed by atoms with van der Waals surface area (Å²) in [7, 11) is 0. The highest BCUT2D eigenvalue weighted by molar-refractivity contribution is 6.38. The number of hydrogen-bond donors (Lipinski definition) is 1. The van der Waals surface area contributed by atoms with Crippen molar-refractivity contribution < 1.29 is 14.7 Å². The van der Waals surface area contributed by atoms with Gasteiger partial charge in [0.2, 0.25) is 0 Å². The van der Waals surface area contributed by atoms with E-state index in [1.54, 1.807) is 36.7 Å². The van der Waals surface area contributed by atoms with E-state index in [9.17, 15) is 14.7 Å². The number of benzene rings is 1. The number of aliphatic hydroxyl groups is 1. The fourth-order valence-electron chi connectivity index (χ4n) is 3.83. The van der Waals surface area contributed by atoms with Crippen molar-refractivity contribution in [2.45, 2.75) is 6.10 Å². The molecule has 9 heteroatoms. The molecule has 0 saturated carbocycles. The maximum Gasteiger partial charge on any atom is 0.261 e. The lowest BCUT2D eigenvalue weighted by atomic mass is 10.1. The van der Waals surface area contributed by atoms with Gasteiger partial charge in [0.05, 0.1) is 39.5 Å². The topological polar surface area (TPSA) is 77.0 Å². The molecule has 29 heavy (non-hydrogen) atoms. The third kappa shape index (κ3) is 3.96. The highest BCUT2D eigenvalue weighted by atomic mass is 35.5. The number of fused-ring (bicyclic) bond motifs is 1. The van der Waals surface area contributed by atoms with Gasteiger partial charge < -0.3 is 10.0 Å². The van der Waals surface area contributed by atoms with Crippen molar-refractivity contribution in [1.29, 1.82) is 0 Å². The summed E-state index contributed by atoms with van der Waals surface area (Å²) < 4.78 is 0. The molecule has 2 aliphatic rings. The highest BCUT2D eigenvalue weighted by Gasteiger charge is 2.36. The van der Waals surface area contributed by atoms with Crippen LogP contribution in [0.4, 0.5) is 5.69 Å². The lowest BCUT2D eigenvalue weighted by Crippen LogP contribution is -2.50. The SMILES string of the molecule is O=C1c2ccccc2C(=O)N1CC(O)CN1CCN(c2c(Cl)cncc2Cl)CC1. The molecule has 0 radical (unpaired) electrons. The van der Waals surface area contributed by atoms with Gasteiger partial charge >= 0.3 is 0 Å². The van der Waals surface area contributed by atoms with Crippen molar-refractivity contribution in [3.63, 3.8) is 0 Å². The number of anilines is 1. The normalized spacial score (nSPS) is 18.3. The van der Waals surface area contributed by atoms with E-state index in [1.807, 2.05) is 0 Å². The van der Waals surface area contributed by atoms with Gasteiger partial charge in [-0.05, 0) is 12.1 Å². The summed E-state index contributed by atoms with van der Waals surface area (Å²) in [4.78, 5) is 34.2. The molecule has 1 aromatic carbocycles. The molecular weight excluding hydrogens is 415 g/mol. The molecule has 1 aromatic heterocycles. The van der Waals surface area contributed by atoms with Gasteiger partial charge in [-0.15, -0.1) is 0 Å². The van der Waals surface area contributed by atoms with Crippen LogP contribution >= 0.6 is 23.2 Å². The fraction of sp³-hybridized carbons (Fsp3) is 0.350. The first-order valence-electron chi connectivity index (χ1n) is 9.35. The van der Waals surface area contributed by atoms with Crippen molar-refractivity contribution in [1.82, 2.24) is 14.8 Å². The van der Waals surface area contributed by atoms with E-state index < -0.39 is 6.10 Å². The van der Waals surface area contributed by atoms with E-state index in [4.69, 9.17) is 23.2 Å². The van der Waals surface area contributed by atoms with E-state index in [0.717, 1.165) is 10.6 Å². The minimum absolute atomic E-state index is 0.0193. The van der Waals surface area contributed by atoms with E-state index in [1.165, 1.54) is 0 Å². The number of carbonyl (C=O) groups is 2. The van der Waals surface area contributed by atoms with Crippen molar-refractivity contribution in [2.75, 3.05) is 44.2 Å². The van der Waals surface area contributed by atoms with Crippen molar-refractivity contribution in [3.8, 4) is 0 Å². The first kappa shape index (κ1) is 20.1. The fourth-order valence-corrected chi connectivity index (χ4v) is 4.44. The molecule has 1 unspecified atom stereocenters. The Bertz CT molecular complexity index is 892. The lowest BCUT2D eigenvalue weighted by molar-refractivity contribution is 0.0469. The number of carbonyl (C=O) groups excluding carboxylic acids is 2. The number of aliphatic hydroxyl groups excluding tert-OH is 1. The average Bonchev–Trinajstić information content (AvgIpc) is 2.94. The zero-order valence-corrected chi connectivity index (χ0v) is 17.1. The average molecular weight is 435 g/mol. The molecule has 152 valence electrons. The monoisotopic (exact) mass is 434 g/mol. The predicted molar refractivity (Wildman–Crippen MR) is 111 cm³/mol. The van der Waals surface area contributed by atoms with Crippen molar-refractivity contribution in [3.05, 3.63) is 57.8 Å². The highest BCUT2D eigenvalue weighted by Crippen LogP contribution is 2.33. The number of aromatic nitrogens is 1. The Balaban J connectivity index is 1.32.